The van der Waals surface area contributed by atoms with Crippen molar-refractivity contribution in [2.24, 2.45) is 5.73 Å². The Morgan fingerprint density at radius 1 is 1.40 bits per heavy atom. The van der Waals surface area contributed by atoms with E-state index < -0.39 is 0 Å². The Hall–Kier alpha value is -0.310. The van der Waals surface area contributed by atoms with E-state index in [4.69, 9.17) is 28.9 Å². The minimum absolute atomic E-state index is 0.384. The molecule has 2 N–H and O–H groups in total. The van der Waals surface area contributed by atoms with Crippen molar-refractivity contribution in [2.45, 2.75) is 6.54 Å². The topological polar surface area (TPSA) is 38.9 Å². The molecule has 4 heteroatoms. The predicted octanol–water partition coefficient (Wildman–Crippen LogP) is 1.85. The van der Waals surface area contributed by atoms with Crippen molar-refractivity contribution in [3.63, 3.8) is 0 Å². The Kier molecular flexibility index (Phi) is 2.49. The molecule has 0 saturated carbocycles. The van der Waals surface area contributed by atoms with Crippen LogP contribution in [0.15, 0.2) is 12.1 Å². The number of nitrogens with two attached hydrogens (primary N) is 1. The fourth-order valence-corrected chi connectivity index (χ4v) is 1.02. The summed E-state index contributed by atoms with van der Waals surface area (Å²) < 4.78 is 0. The van der Waals surface area contributed by atoms with Gasteiger partial charge in [0.15, 0.2) is 0 Å². The molecule has 0 fully saturated rings. The smallest absolute Gasteiger partial charge is 0.135 e. The average Bonchev–Trinajstić information content (AvgIpc) is 1.88. The number of halogens is 2. The van der Waals surface area contributed by atoms with Crippen LogP contribution in [-0.4, -0.2) is 4.98 Å². The number of rotatable bonds is 1. The average molecular weight is 177 g/mol. The zero-order valence-electron chi connectivity index (χ0n) is 5.14. The highest BCUT2D eigenvalue weighted by Gasteiger charge is 1.98. The van der Waals surface area contributed by atoms with Gasteiger partial charge in [-0.25, -0.2) is 4.98 Å². The Labute approximate surface area is 69.0 Å². The zero-order chi connectivity index (χ0) is 7.56. The zero-order valence-corrected chi connectivity index (χ0v) is 6.65. The van der Waals surface area contributed by atoms with Crippen LogP contribution in [0.4, 0.5) is 0 Å². The van der Waals surface area contributed by atoms with Crippen LogP contribution in [0.2, 0.25) is 10.3 Å². The Balaban J connectivity index is 3.07. The van der Waals surface area contributed by atoms with E-state index in [-0.39, 0.29) is 0 Å². The van der Waals surface area contributed by atoms with Crippen molar-refractivity contribution in [1.29, 1.82) is 0 Å². The molecule has 0 spiro atoms. The molecule has 2 nitrogen and oxygen atoms in total. The summed E-state index contributed by atoms with van der Waals surface area (Å²) >= 11 is 11.2. The van der Waals surface area contributed by atoms with E-state index in [1.807, 2.05) is 0 Å². The van der Waals surface area contributed by atoms with Crippen molar-refractivity contribution < 1.29 is 0 Å². The minimum atomic E-state index is 0.384. The summed E-state index contributed by atoms with van der Waals surface area (Å²) in [5, 5.41) is 0.775. The lowest BCUT2D eigenvalue weighted by Gasteiger charge is -1.97. The summed E-state index contributed by atoms with van der Waals surface area (Å²) in [5.74, 6) is 0. The van der Waals surface area contributed by atoms with Gasteiger partial charge >= 0.3 is 0 Å². The lowest BCUT2D eigenvalue weighted by Crippen LogP contribution is -1.97. The van der Waals surface area contributed by atoms with Crippen molar-refractivity contribution in [2.75, 3.05) is 0 Å². The largest absolute Gasteiger partial charge is 0.326 e. The molecule has 0 amide bonds. The number of hydrogen-bond acceptors (Lipinski definition) is 2. The normalized spacial score (nSPS) is 9.90. The van der Waals surface area contributed by atoms with Gasteiger partial charge in [0.2, 0.25) is 0 Å². The first-order chi connectivity index (χ1) is 4.74. The molecule has 54 valence electrons. The first kappa shape index (κ1) is 7.79. The maximum Gasteiger partial charge on any atom is 0.135 e. The molecule has 0 atom stereocenters. The maximum atomic E-state index is 5.65. The molecule has 1 aromatic rings. The quantitative estimate of drug-likeness (QED) is 0.664. The van der Waals surface area contributed by atoms with Crippen LogP contribution in [0.3, 0.4) is 0 Å². The summed E-state index contributed by atoms with van der Waals surface area (Å²) in [6, 6.07) is 3.42. The predicted molar refractivity (Wildman–Crippen MR) is 42.1 cm³/mol. The summed E-state index contributed by atoms with van der Waals surface area (Å²) in [7, 11) is 0. The summed E-state index contributed by atoms with van der Waals surface area (Å²) in [6.07, 6.45) is 0. The number of pyridine rings is 1. The van der Waals surface area contributed by atoms with E-state index in [1.54, 1.807) is 12.1 Å². The van der Waals surface area contributed by atoms with Gasteiger partial charge in [0.1, 0.15) is 10.3 Å². The van der Waals surface area contributed by atoms with Crippen molar-refractivity contribution in [3.05, 3.63) is 28.0 Å². The molecule has 0 aliphatic rings. The van der Waals surface area contributed by atoms with Gasteiger partial charge in [-0.1, -0.05) is 29.3 Å². The molecule has 1 rings (SSSR count). The van der Waals surface area contributed by atoms with Gasteiger partial charge in [0, 0.05) is 12.1 Å². The molecule has 0 radical (unpaired) electrons. The highest BCUT2D eigenvalue weighted by atomic mass is 35.5. The molecule has 0 aliphatic carbocycles. The highest BCUT2D eigenvalue weighted by molar-refractivity contribution is 6.32. The van der Waals surface area contributed by atoms with Gasteiger partial charge in [0.05, 0.1) is 0 Å². The second-order valence-electron chi connectivity index (χ2n) is 1.79. The molecule has 10 heavy (non-hydrogen) atoms. The van der Waals surface area contributed by atoms with Crippen LogP contribution in [0.1, 0.15) is 5.56 Å². The SMILES string of the molecule is NCc1ccc(Cl)nc1Cl. The van der Waals surface area contributed by atoms with Gasteiger partial charge in [0.25, 0.3) is 0 Å². The van der Waals surface area contributed by atoms with E-state index in [2.05, 4.69) is 4.98 Å². The van der Waals surface area contributed by atoms with Gasteiger partial charge in [-0.05, 0) is 6.07 Å². The lowest BCUT2D eigenvalue weighted by molar-refractivity contribution is 1.05. The standard InChI is InChI=1S/C6H6Cl2N2/c7-5-2-1-4(3-9)6(8)10-5/h1-2H,3,9H2. The van der Waals surface area contributed by atoms with Crippen LogP contribution in [0.25, 0.3) is 0 Å². The van der Waals surface area contributed by atoms with Gasteiger partial charge in [-0.3, -0.25) is 0 Å². The fourth-order valence-electron chi connectivity index (χ4n) is 0.593. The molecular weight excluding hydrogens is 171 g/mol. The lowest BCUT2D eigenvalue weighted by atomic mass is 10.3. The van der Waals surface area contributed by atoms with E-state index in [1.165, 1.54) is 0 Å². The van der Waals surface area contributed by atoms with Crippen LogP contribution in [0.5, 0.6) is 0 Å². The van der Waals surface area contributed by atoms with E-state index in [0.29, 0.717) is 16.9 Å². The summed E-state index contributed by atoms with van der Waals surface area (Å²) in [5.41, 5.74) is 6.14. The van der Waals surface area contributed by atoms with Gasteiger partial charge in [-0.15, -0.1) is 0 Å². The van der Waals surface area contributed by atoms with Crippen LogP contribution >= 0.6 is 23.2 Å². The second kappa shape index (κ2) is 3.19. The molecule has 0 aromatic carbocycles. The number of nitrogens with zero attached hydrogens (tertiary/aromatic N) is 1. The van der Waals surface area contributed by atoms with Gasteiger partial charge < -0.3 is 5.73 Å². The molecule has 0 aliphatic heterocycles. The second-order valence-corrected chi connectivity index (χ2v) is 2.53. The highest BCUT2D eigenvalue weighted by Crippen LogP contribution is 2.15. The Bertz CT molecular complexity index is 237. The third-order valence-corrected chi connectivity index (χ3v) is 1.65. The van der Waals surface area contributed by atoms with Gasteiger partial charge in [-0.2, -0.15) is 0 Å². The monoisotopic (exact) mass is 176 g/mol. The molecular formula is C6H6Cl2N2. The summed E-state index contributed by atoms with van der Waals surface area (Å²) in [4.78, 5) is 3.80. The third-order valence-electron chi connectivity index (χ3n) is 1.11. The van der Waals surface area contributed by atoms with E-state index in [0.717, 1.165) is 5.56 Å². The van der Waals surface area contributed by atoms with Crippen molar-refractivity contribution in [3.8, 4) is 0 Å². The van der Waals surface area contributed by atoms with Crippen LogP contribution in [-0.2, 0) is 6.54 Å². The Morgan fingerprint density at radius 2 is 2.10 bits per heavy atom. The van der Waals surface area contributed by atoms with Crippen LogP contribution in [0, 0.1) is 0 Å². The van der Waals surface area contributed by atoms with Crippen LogP contribution < -0.4 is 5.73 Å². The molecule has 0 bridgehead atoms. The number of hydrogen-bond donors (Lipinski definition) is 1. The minimum Gasteiger partial charge on any atom is -0.326 e. The first-order valence-electron chi connectivity index (χ1n) is 2.75. The maximum absolute atomic E-state index is 5.65. The summed E-state index contributed by atoms with van der Waals surface area (Å²) in [6.45, 7) is 0.392. The molecule has 0 saturated heterocycles. The van der Waals surface area contributed by atoms with E-state index >= 15 is 0 Å². The molecule has 1 aromatic heterocycles. The third kappa shape index (κ3) is 1.59. The fraction of sp³-hybridized carbons (Fsp3) is 0.167. The molecule has 1 heterocycles. The first-order valence-corrected chi connectivity index (χ1v) is 3.50. The Morgan fingerprint density at radius 3 is 2.60 bits per heavy atom. The number of aromatic nitrogens is 1. The van der Waals surface area contributed by atoms with Crippen molar-refractivity contribution in [1.82, 2.24) is 4.98 Å². The van der Waals surface area contributed by atoms with Crippen molar-refractivity contribution >= 4 is 23.2 Å². The molecule has 0 unspecified atom stereocenters. The van der Waals surface area contributed by atoms with E-state index in [9.17, 15) is 0 Å².